The summed E-state index contributed by atoms with van der Waals surface area (Å²) in [7, 11) is 1.60. The average Bonchev–Trinajstić information content (AvgIpc) is 3.11. The minimum atomic E-state index is -0.258. The normalized spacial score (nSPS) is 15.3. The number of ether oxygens (including phenoxy) is 1. The van der Waals surface area contributed by atoms with E-state index in [1.165, 1.54) is 0 Å². The second-order valence-corrected chi connectivity index (χ2v) is 5.93. The highest BCUT2D eigenvalue weighted by Gasteiger charge is 2.30. The van der Waals surface area contributed by atoms with Gasteiger partial charge in [0.05, 0.1) is 13.0 Å². The first-order chi connectivity index (χ1) is 12.3. The van der Waals surface area contributed by atoms with Gasteiger partial charge in [-0.05, 0) is 24.3 Å². The lowest BCUT2D eigenvalue weighted by molar-refractivity contribution is 0.0966. The summed E-state index contributed by atoms with van der Waals surface area (Å²) in [5.74, 6) is 1.26. The lowest BCUT2D eigenvalue weighted by Crippen LogP contribution is -2.15. The molecule has 0 radical (unpaired) electrons. The minimum absolute atomic E-state index is 0.0651. The minimum Gasteiger partial charge on any atom is -0.497 e. The Morgan fingerprint density at radius 3 is 2.88 bits per heavy atom. The first-order valence-corrected chi connectivity index (χ1v) is 8.09. The lowest BCUT2D eigenvalue weighted by Gasteiger charge is -2.11. The number of aromatic nitrogens is 2. The zero-order valence-corrected chi connectivity index (χ0v) is 13.8. The summed E-state index contributed by atoms with van der Waals surface area (Å²) >= 11 is 0. The number of Topliss-reactive ketones (excluding diaryl/α,β-unsaturated/α-hetero) is 1. The third kappa shape index (κ3) is 2.85. The molecule has 0 fully saturated rings. The number of methoxy groups -OCH3 is 1. The molecule has 3 aromatic rings. The number of fused-ring (bicyclic) bond motifs is 1. The number of carbonyl (C=O) groups is 1. The smallest absolute Gasteiger partial charge is 0.172 e. The predicted molar refractivity (Wildman–Crippen MR) is 96.0 cm³/mol. The molecule has 0 saturated carbocycles. The number of hydrogen-bond acceptors (Lipinski definition) is 5. The Bertz CT molecular complexity index is 925. The third-order valence-electron chi connectivity index (χ3n) is 4.43. The van der Waals surface area contributed by atoms with Gasteiger partial charge in [0.25, 0.3) is 0 Å². The SMILES string of the molecule is COc1cccc(C(=O)C2CNc3ncc(-c4cccnc4)cc32)c1. The van der Waals surface area contributed by atoms with Crippen LogP contribution >= 0.6 is 0 Å². The summed E-state index contributed by atoms with van der Waals surface area (Å²) in [5.41, 5.74) is 3.51. The molecule has 1 aliphatic rings. The van der Waals surface area contributed by atoms with Crippen molar-refractivity contribution in [2.24, 2.45) is 0 Å². The van der Waals surface area contributed by atoms with Gasteiger partial charge in [0.1, 0.15) is 11.6 Å². The summed E-state index contributed by atoms with van der Waals surface area (Å²) in [5, 5.41) is 3.23. The van der Waals surface area contributed by atoms with Gasteiger partial charge in [-0.2, -0.15) is 0 Å². The standard InChI is InChI=1S/C20H17N3O2/c1-25-16-6-2-4-13(8-16)19(24)18-12-23-20-17(18)9-15(11-22-20)14-5-3-7-21-10-14/h2-11,18H,12H2,1H3,(H,22,23). The molecule has 3 heterocycles. The fourth-order valence-corrected chi connectivity index (χ4v) is 3.11. The summed E-state index contributed by atoms with van der Waals surface area (Å²) < 4.78 is 5.23. The number of anilines is 1. The Morgan fingerprint density at radius 1 is 1.16 bits per heavy atom. The highest BCUT2D eigenvalue weighted by atomic mass is 16.5. The van der Waals surface area contributed by atoms with Gasteiger partial charge in [-0.15, -0.1) is 0 Å². The van der Waals surface area contributed by atoms with Crippen LogP contribution in [0.4, 0.5) is 5.82 Å². The van der Waals surface area contributed by atoms with E-state index in [1.54, 1.807) is 31.8 Å². The van der Waals surface area contributed by atoms with Crippen LogP contribution in [0.1, 0.15) is 21.8 Å². The van der Waals surface area contributed by atoms with Crippen LogP contribution in [0.15, 0.2) is 61.1 Å². The van der Waals surface area contributed by atoms with Gasteiger partial charge in [0.15, 0.2) is 5.78 Å². The number of hydrogen-bond donors (Lipinski definition) is 1. The van der Waals surface area contributed by atoms with Gasteiger partial charge in [-0.1, -0.05) is 18.2 Å². The van der Waals surface area contributed by atoms with Crippen molar-refractivity contribution in [2.75, 3.05) is 19.0 Å². The van der Waals surface area contributed by atoms with E-state index in [9.17, 15) is 4.79 Å². The summed E-state index contributed by atoms with van der Waals surface area (Å²) in [6, 6.07) is 13.2. The number of nitrogens with one attached hydrogen (secondary N) is 1. The Hall–Kier alpha value is -3.21. The molecule has 2 aromatic heterocycles. The Morgan fingerprint density at radius 2 is 2.08 bits per heavy atom. The third-order valence-corrected chi connectivity index (χ3v) is 4.43. The Kier molecular flexibility index (Phi) is 3.90. The number of pyridine rings is 2. The fourth-order valence-electron chi connectivity index (χ4n) is 3.11. The molecule has 4 rings (SSSR count). The first-order valence-electron chi connectivity index (χ1n) is 8.09. The Labute approximate surface area is 145 Å². The van der Waals surface area contributed by atoms with Gasteiger partial charge in [0, 0.05) is 47.4 Å². The molecular weight excluding hydrogens is 314 g/mol. The van der Waals surface area contributed by atoms with Crippen molar-refractivity contribution in [1.82, 2.24) is 9.97 Å². The number of rotatable bonds is 4. The zero-order valence-electron chi connectivity index (χ0n) is 13.8. The molecule has 124 valence electrons. The molecule has 1 atom stereocenters. The van der Waals surface area contributed by atoms with Gasteiger partial charge in [-0.25, -0.2) is 4.98 Å². The number of benzene rings is 1. The number of nitrogens with zero attached hydrogens (tertiary/aromatic N) is 2. The average molecular weight is 331 g/mol. The van der Waals surface area contributed by atoms with Crippen molar-refractivity contribution < 1.29 is 9.53 Å². The predicted octanol–water partition coefficient (Wildman–Crippen LogP) is 3.54. The maximum absolute atomic E-state index is 13.0. The molecule has 5 nitrogen and oxygen atoms in total. The molecule has 1 unspecified atom stereocenters. The van der Waals surface area contributed by atoms with E-state index in [0.29, 0.717) is 17.9 Å². The van der Waals surface area contributed by atoms with E-state index < -0.39 is 0 Å². The number of carbonyl (C=O) groups excluding carboxylic acids is 1. The van der Waals surface area contributed by atoms with Crippen molar-refractivity contribution in [3.63, 3.8) is 0 Å². The van der Waals surface area contributed by atoms with Crippen LogP contribution in [-0.2, 0) is 0 Å². The quantitative estimate of drug-likeness (QED) is 0.741. The van der Waals surface area contributed by atoms with Crippen LogP contribution in [-0.4, -0.2) is 29.4 Å². The first kappa shape index (κ1) is 15.3. The van der Waals surface area contributed by atoms with E-state index in [2.05, 4.69) is 15.3 Å². The van der Waals surface area contributed by atoms with Crippen molar-refractivity contribution in [3.05, 3.63) is 72.2 Å². The molecule has 0 spiro atoms. The van der Waals surface area contributed by atoms with Crippen LogP contribution in [0.25, 0.3) is 11.1 Å². The summed E-state index contributed by atoms with van der Waals surface area (Å²) in [6.45, 7) is 0.550. The summed E-state index contributed by atoms with van der Waals surface area (Å²) in [4.78, 5) is 21.6. The molecule has 0 saturated heterocycles. The number of ketones is 1. The zero-order chi connectivity index (χ0) is 17.2. The van der Waals surface area contributed by atoms with E-state index in [1.807, 2.05) is 36.4 Å². The molecule has 0 amide bonds. The van der Waals surface area contributed by atoms with E-state index in [4.69, 9.17) is 4.74 Å². The fraction of sp³-hybridized carbons (Fsp3) is 0.150. The van der Waals surface area contributed by atoms with Gasteiger partial charge < -0.3 is 10.1 Å². The van der Waals surface area contributed by atoms with Crippen LogP contribution in [0.2, 0.25) is 0 Å². The molecule has 1 aromatic carbocycles. The van der Waals surface area contributed by atoms with Crippen molar-refractivity contribution >= 4 is 11.6 Å². The van der Waals surface area contributed by atoms with Crippen LogP contribution < -0.4 is 10.1 Å². The molecule has 1 aliphatic heterocycles. The van der Waals surface area contributed by atoms with E-state index in [-0.39, 0.29) is 11.7 Å². The second kappa shape index (κ2) is 6.36. The molecule has 0 bridgehead atoms. The molecule has 25 heavy (non-hydrogen) atoms. The second-order valence-electron chi connectivity index (χ2n) is 5.93. The summed E-state index contributed by atoms with van der Waals surface area (Å²) in [6.07, 6.45) is 5.34. The van der Waals surface area contributed by atoms with E-state index >= 15 is 0 Å². The largest absolute Gasteiger partial charge is 0.497 e. The lowest BCUT2D eigenvalue weighted by atomic mass is 9.92. The molecular formula is C20H17N3O2. The Balaban J connectivity index is 1.70. The highest BCUT2D eigenvalue weighted by molar-refractivity contribution is 6.03. The monoisotopic (exact) mass is 331 g/mol. The van der Waals surface area contributed by atoms with Gasteiger partial charge in [-0.3, -0.25) is 9.78 Å². The molecule has 5 heteroatoms. The van der Waals surface area contributed by atoms with Crippen LogP contribution in [0.3, 0.4) is 0 Å². The van der Waals surface area contributed by atoms with Gasteiger partial charge >= 0.3 is 0 Å². The molecule has 0 aliphatic carbocycles. The topological polar surface area (TPSA) is 64.1 Å². The van der Waals surface area contributed by atoms with Crippen molar-refractivity contribution in [3.8, 4) is 16.9 Å². The van der Waals surface area contributed by atoms with Gasteiger partial charge in [0.2, 0.25) is 0 Å². The van der Waals surface area contributed by atoms with Crippen molar-refractivity contribution in [2.45, 2.75) is 5.92 Å². The van der Waals surface area contributed by atoms with E-state index in [0.717, 1.165) is 22.5 Å². The van der Waals surface area contributed by atoms with Crippen molar-refractivity contribution in [1.29, 1.82) is 0 Å². The maximum Gasteiger partial charge on any atom is 0.172 e. The highest BCUT2D eigenvalue weighted by Crippen LogP contribution is 2.35. The van der Waals surface area contributed by atoms with Crippen LogP contribution in [0.5, 0.6) is 5.75 Å². The van der Waals surface area contributed by atoms with Crippen LogP contribution in [0, 0.1) is 0 Å². The molecule has 1 N–H and O–H groups in total. The maximum atomic E-state index is 13.0.